The van der Waals surface area contributed by atoms with Crippen molar-refractivity contribution in [3.63, 3.8) is 0 Å². The Hall–Kier alpha value is -3.55. The quantitative estimate of drug-likeness (QED) is 0.517. The highest BCUT2D eigenvalue weighted by atomic mass is 16.6. The molecule has 0 heterocycles. The topological polar surface area (TPSA) is 114 Å². The van der Waals surface area contributed by atoms with Crippen molar-refractivity contribution in [1.82, 2.24) is 5.32 Å². The minimum absolute atomic E-state index is 0.0924. The molecule has 0 aromatic heterocycles. The van der Waals surface area contributed by atoms with Crippen molar-refractivity contribution < 1.29 is 29.0 Å². The number of carboxylic acid groups (broad SMARTS) is 1. The molecule has 2 aromatic rings. The highest BCUT2D eigenvalue weighted by molar-refractivity contribution is 5.86. The van der Waals surface area contributed by atoms with Gasteiger partial charge in [0.05, 0.1) is 6.42 Å². The number of hydrogen-bond acceptors (Lipinski definition) is 5. The summed E-state index contributed by atoms with van der Waals surface area (Å²) in [6.45, 7) is 5.42. The largest absolute Gasteiger partial charge is 0.481 e. The number of benzene rings is 2. The van der Waals surface area contributed by atoms with Crippen LogP contribution in [0.1, 0.15) is 44.7 Å². The number of carboxylic acids is 1. The first-order chi connectivity index (χ1) is 15.1. The average Bonchev–Trinajstić information content (AvgIpc) is 2.70. The second-order valence-corrected chi connectivity index (χ2v) is 8.32. The number of aryl methyl sites for hydroxylation is 1. The van der Waals surface area contributed by atoms with E-state index in [4.69, 9.17) is 9.47 Å². The van der Waals surface area contributed by atoms with E-state index in [1.165, 1.54) is 0 Å². The zero-order chi connectivity index (χ0) is 23.6. The summed E-state index contributed by atoms with van der Waals surface area (Å²) in [6, 6.07) is 15.7. The van der Waals surface area contributed by atoms with Gasteiger partial charge >= 0.3 is 18.2 Å². The molecular weight excluding hydrogens is 412 g/mol. The first-order valence-corrected chi connectivity index (χ1v) is 10.4. The summed E-state index contributed by atoms with van der Waals surface area (Å²) in [4.78, 5) is 35.5. The maximum Gasteiger partial charge on any atom is 0.412 e. The first kappa shape index (κ1) is 24.7. The molecule has 0 saturated heterocycles. The van der Waals surface area contributed by atoms with E-state index in [2.05, 4.69) is 10.6 Å². The van der Waals surface area contributed by atoms with Crippen molar-refractivity contribution in [1.29, 1.82) is 0 Å². The number of carbonyl (C=O) groups excluding carboxylic acids is 2. The molecule has 0 aliphatic rings. The van der Waals surface area contributed by atoms with Crippen LogP contribution in [-0.2, 0) is 27.3 Å². The summed E-state index contributed by atoms with van der Waals surface area (Å²) >= 11 is 0. The predicted molar refractivity (Wildman–Crippen MR) is 120 cm³/mol. The molecule has 172 valence electrons. The number of ether oxygens (including phenoxy) is 2. The molecule has 2 rings (SSSR count). The van der Waals surface area contributed by atoms with Crippen LogP contribution in [0.25, 0.3) is 0 Å². The molecule has 2 amide bonds. The Morgan fingerprint density at radius 3 is 2.28 bits per heavy atom. The SMILES string of the molecule is CC(C)(C)OC(=O)Nc1ccccc1CC[C@@H](CC(=O)O)NC(=O)OCc1ccccc1. The van der Waals surface area contributed by atoms with Gasteiger partial charge in [0, 0.05) is 11.7 Å². The number of nitrogens with one attached hydrogen (secondary N) is 2. The van der Waals surface area contributed by atoms with E-state index in [9.17, 15) is 19.5 Å². The zero-order valence-corrected chi connectivity index (χ0v) is 18.6. The second kappa shape index (κ2) is 11.7. The van der Waals surface area contributed by atoms with Crippen LogP contribution in [0, 0.1) is 0 Å². The van der Waals surface area contributed by atoms with Gasteiger partial charge < -0.3 is 19.9 Å². The second-order valence-electron chi connectivity index (χ2n) is 8.32. The fourth-order valence-corrected chi connectivity index (χ4v) is 2.97. The Kier molecular flexibility index (Phi) is 9.07. The van der Waals surface area contributed by atoms with Crippen LogP contribution in [-0.4, -0.2) is 34.9 Å². The lowest BCUT2D eigenvalue weighted by Gasteiger charge is -2.21. The van der Waals surface area contributed by atoms with Gasteiger partial charge in [-0.25, -0.2) is 9.59 Å². The number of alkyl carbamates (subject to hydrolysis) is 1. The van der Waals surface area contributed by atoms with Crippen molar-refractivity contribution in [2.75, 3.05) is 5.32 Å². The number of carbonyl (C=O) groups is 3. The molecule has 0 spiro atoms. The van der Waals surface area contributed by atoms with Crippen molar-refractivity contribution in [2.45, 2.75) is 58.3 Å². The summed E-state index contributed by atoms with van der Waals surface area (Å²) in [6.07, 6.45) is -0.722. The van der Waals surface area contributed by atoms with Crippen molar-refractivity contribution in [3.05, 3.63) is 65.7 Å². The molecule has 8 nitrogen and oxygen atoms in total. The van der Waals surface area contributed by atoms with Gasteiger partial charge in [0.25, 0.3) is 0 Å². The number of para-hydroxylation sites is 1. The van der Waals surface area contributed by atoms with Crippen LogP contribution in [0.2, 0.25) is 0 Å². The molecule has 0 aliphatic heterocycles. The number of amides is 2. The first-order valence-electron chi connectivity index (χ1n) is 10.4. The van der Waals surface area contributed by atoms with E-state index in [0.29, 0.717) is 18.5 Å². The highest BCUT2D eigenvalue weighted by Gasteiger charge is 2.19. The Balaban J connectivity index is 1.96. The minimum Gasteiger partial charge on any atom is -0.481 e. The molecule has 0 bridgehead atoms. The van der Waals surface area contributed by atoms with Crippen LogP contribution in [0.3, 0.4) is 0 Å². The van der Waals surface area contributed by atoms with E-state index in [0.717, 1.165) is 11.1 Å². The third-order valence-corrected chi connectivity index (χ3v) is 4.37. The molecule has 2 aromatic carbocycles. The lowest BCUT2D eigenvalue weighted by Crippen LogP contribution is -2.37. The summed E-state index contributed by atoms with van der Waals surface area (Å²) in [5.41, 5.74) is 1.57. The van der Waals surface area contributed by atoms with Crippen molar-refractivity contribution >= 4 is 23.8 Å². The van der Waals surface area contributed by atoms with E-state index in [-0.39, 0.29) is 13.0 Å². The van der Waals surface area contributed by atoms with Crippen LogP contribution in [0.15, 0.2) is 54.6 Å². The Morgan fingerprint density at radius 1 is 0.969 bits per heavy atom. The summed E-state index contributed by atoms with van der Waals surface area (Å²) in [5.74, 6) is -1.03. The Labute approximate surface area is 187 Å². The fraction of sp³-hybridized carbons (Fsp3) is 0.375. The summed E-state index contributed by atoms with van der Waals surface area (Å²) < 4.78 is 10.5. The molecule has 0 fully saturated rings. The molecule has 0 saturated carbocycles. The monoisotopic (exact) mass is 442 g/mol. The summed E-state index contributed by atoms with van der Waals surface area (Å²) in [7, 11) is 0. The van der Waals surface area contributed by atoms with Crippen molar-refractivity contribution in [3.8, 4) is 0 Å². The van der Waals surface area contributed by atoms with Crippen LogP contribution in [0.4, 0.5) is 15.3 Å². The highest BCUT2D eigenvalue weighted by Crippen LogP contribution is 2.20. The number of anilines is 1. The van der Waals surface area contributed by atoms with Gasteiger partial charge in [-0.3, -0.25) is 10.1 Å². The van der Waals surface area contributed by atoms with Crippen LogP contribution >= 0.6 is 0 Å². The maximum atomic E-state index is 12.2. The fourth-order valence-electron chi connectivity index (χ4n) is 2.97. The molecule has 0 aliphatic carbocycles. The average molecular weight is 443 g/mol. The van der Waals surface area contributed by atoms with Gasteiger partial charge in [0.2, 0.25) is 0 Å². The van der Waals surface area contributed by atoms with E-state index in [1.807, 2.05) is 42.5 Å². The minimum atomic E-state index is -1.03. The van der Waals surface area contributed by atoms with Gasteiger partial charge in [-0.15, -0.1) is 0 Å². The summed E-state index contributed by atoms with van der Waals surface area (Å²) in [5, 5.41) is 14.6. The standard InChI is InChI=1S/C24H30N2O6/c1-24(2,3)32-23(30)26-20-12-8-7-11-18(20)13-14-19(15-21(27)28)25-22(29)31-16-17-9-5-4-6-10-17/h4-12,19H,13-16H2,1-3H3,(H,25,29)(H,26,30)(H,27,28)/t19-/m0/s1. The normalized spacial score (nSPS) is 11.8. The van der Waals surface area contributed by atoms with Gasteiger partial charge in [0.15, 0.2) is 0 Å². The Morgan fingerprint density at radius 2 is 1.62 bits per heavy atom. The lowest BCUT2D eigenvalue weighted by molar-refractivity contribution is -0.137. The maximum absolute atomic E-state index is 12.2. The van der Waals surface area contributed by atoms with Crippen molar-refractivity contribution in [2.24, 2.45) is 0 Å². The molecular formula is C24H30N2O6. The van der Waals surface area contributed by atoms with E-state index < -0.39 is 29.8 Å². The number of aliphatic carboxylic acids is 1. The molecule has 3 N–H and O–H groups in total. The smallest absolute Gasteiger partial charge is 0.412 e. The number of hydrogen-bond donors (Lipinski definition) is 3. The lowest BCUT2D eigenvalue weighted by atomic mass is 10.0. The zero-order valence-electron chi connectivity index (χ0n) is 18.6. The third-order valence-electron chi connectivity index (χ3n) is 4.37. The van der Waals surface area contributed by atoms with Gasteiger partial charge in [-0.05, 0) is 50.8 Å². The van der Waals surface area contributed by atoms with Crippen LogP contribution < -0.4 is 10.6 Å². The van der Waals surface area contributed by atoms with E-state index >= 15 is 0 Å². The van der Waals surface area contributed by atoms with E-state index in [1.54, 1.807) is 32.9 Å². The number of rotatable bonds is 9. The van der Waals surface area contributed by atoms with Crippen LogP contribution in [0.5, 0.6) is 0 Å². The molecule has 0 unspecified atom stereocenters. The molecule has 1 atom stereocenters. The predicted octanol–water partition coefficient (Wildman–Crippen LogP) is 4.74. The molecule has 0 radical (unpaired) electrons. The molecule has 32 heavy (non-hydrogen) atoms. The third kappa shape index (κ3) is 9.51. The van der Waals surface area contributed by atoms with Gasteiger partial charge in [-0.1, -0.05) is 48.5 Å². The Bertz CT molecular complexity index is 908. The van der Waals surface area contributed by atoms with Gasteiger partial charge in [0.1, 0.15) is 12.2 Å². The molecule has 8 heteroatoms. The van der Waals surface area contributed by atoms with Gasteiger partial charge in [-0.2, -0.15) is 0 Å².